The molecule has 0 heterocycles. The van der Waals surface area contributed by atoms with Crippen LogP contribution in [0.3, 0.4) is 0 Å². The van der Waals surface area contributed by atoms with Crippen molar-refractivity contribution in [3.8, 4) is 0 Å². The van der Waals surface area contributed by atoms with E-state index in [1.807, 2.05) is 19.1 Å². The fourth-order valence-electron chi connectivity index (χ4n) is 3.08. The molecular weight excluding hydrogens is 262 g/mol. The number of carbonyl (C=O) groups excluding carboxylic acids is 1. The van der Waals surface area contributed by atoms with Crippen molar-refractivity contribution in [1.29, 1.82) is 0 Å². The molecule has 0 saturated heterocycles. The summed E-state index contributed by atoms with van der Waals surface area (Å²) in [6.45, 7) is 4.88. The second-order valence-corrected chi connectivity index (χ2v) is 6.16. The average molecular weight is 289 g/mol. The first-order chi connectivity index (χ1) is 10.0. The van der Waals surface area contributed by atoms with Gasteiger partial charge in [0.25, 0.3) is 5.91 Å². The molecule has 4 heteroatoms. The summed E-state index contributed by atoms with van der Waals surface area (Å²) in [4.78, 5) is 14.2. The molecule has 0 radical (unpaired) electrons. The lowest BCUT2D eigenvalue weighted by molar-refractivity contribution is 0.0956. The predicted molar refractivity (Wildman–Crippen MR) is 88.7 cm³/mol. The summed E-state index contributed by atoms with van der Waals surface area (Å²) in [5.74, 6) is 0.790. The summed E-state index contributed by atoms with van der Waals surface area (Å²) >= 11 is 0. The van der Waals surface area contributed by atoms with Crippen molar-refractivity contribution in [2.24, 2.45) is 5.92 Å². The summed E-state index contributed by atoms with van der Waals surface area (Å²) in [6.07, 6.45) is 4.93. The summed E-state index contributed by atoms with van der Waals surface area (Å²) in [5, 5.41) is 2.83. The van der Waals surface area contributed by atoms with Crippen LogP contribution < -0.4 is 16.0 Å². The molecule has 1 aromatic carbocycles. The highest BCUT2D eigenvalue weighted by Gasteiger charge is 2.23. The van der Waals surface area contributed by atoms with Crippen molar-refractivity contribution in [3.63, 3.8) is 0 Å². The number of hydrogen-bond donors (Lipinski definition) is 2. The maximum Gasteiger partial charge on any atom is 0.251 e. The minimum atomic E-state index is -0.0376. The van der Waals surface area contributed by atoms with Crippen LogP contribution in [0.2, 0.25) is 0 Å². The van der Waals surface area contributed by atoms with E-state index in [2.05, 4.69) is 24.2 Å². The smallest absolute Gasteiger partial charge is 0.251 e. The first-order valence-electron chi connectivity index (χ1n) is 7.93. The minimum Gasteiger partial charge on any atom is -0.397 e. The normalized spacial score (nSPS) is 21.9. The molecule has 0 bridgehead atoms. The zero-order valence-electron chi connectivity index (χ0n) is 13.4. The van der Waals surface area contributed by atoms with E-state index in [0.29, 0.717) is 18.2 Å². The zero-order chi connectivity index (χ0) is 15.4. The third-order valence-corrected chi connectivity index (χ3v) is 4.54. The number of anilines is 2. The van der Waals surface area contributed by atoms with Gasteiger partial charge in [-0.2, -0.15) is 0 Å². The first-order valence-corrected chi connectivity index (χ1v) is 7.93. The SMILES string of the molecule is CCNC(=O)c1ccc(N)c(N(C)C2CCC(C)CC2)c1. The monoisotopic (exact) mass is 289 g/mol. The largest absolute Gasteiger partial charge is 0.397 e. The Morgan fingerprint density at radius 3 is 2.62 bits per heavy atom. The summed E-state index contributed by atoms with van der Waals surface area (Å²) in [7, 11) is 2.09. The Bertz CT molecular complexity index is 493. The molecule has 21 heavy (non-hydrogen) atoms. The number of nitrogens with one attached hydrogen (secondary N) is 1. The molecule has 1 aromatic rings. The molecule has 1 amide bonds. The lowest BCUT2D eigenvalue weighted by atomic mass is 9.86. The van der Waals surface area contributed by atoms with Gasteiger partial charge in [0.15, 0.2) is 0 Å². The Balaban J connectivity index is 2.17. The molecule has 4 nitrogen and oxygen atoms in total. The fraction of sp³-hybridized carbons (Fsp3) is 0.588. The second-order valence-electron chi connectivity index (χ2n) is 6.16. The third kappa shape index (κ3) is 3.69. The van der Waals surface area contributed by atoms with Crippen LogP contribution in [-0.2, 0) is 0 Å². The van der Waals surface area contributed by atoms with Gasteiger partial charge in [-0.05, 0) is 56.7 Å². The van der Waals surface area contributed by atoms with Crippen molar-refractivity contribution in [2.45, 2.75) is 45.6 Å². The molecule has 0 spiro atoms. The first kappa shape index (κ1) is 15.7. The maximum absolute atomic E-state index is 12.0. The van der Waals surface area contributed by atoms with E-state index in [-0.39, 0.29) is 5.91 Å². The van der Waals surface area contributed by atoms with Gasteiger partial charge in [-0.25, -0.2) is 0 Å². The van der Waals surface area contributed by atoms with E-state index in [1.165, 1.54) is 25.7 Å². The number of benzene rings is 1. The molecule has 116 valence electrons. The van der Waals surface area contributed by atoms with Crippen LogP contribution in [0.1, 0.15) is 49.9 Å². The lowest BCUT2D eigenvalue weighted by Crippen LogP contribution is -2.35. The number of carbonyl (C=O) groups is 1. The Hall–Kier alpha value is -1.71. The van der Waals surface area contributed by atoms with Gasteiger partial charge >= 0.3 is 0 Å². The van der Waals surface area contributed by atoms with E-state index < -0.39 is 0 Å². The average Bonchev–Trinajstić information content (AvgIpc) is 2.48. The van der Waals surface area contributed by atoms with E-state index in [9.17, 15) is 4.79 Å². The molecule has 0 atom stereocenters. The number of nitrogens with zero attached hydrogens (tertiary/aromatic N) is 1. The van der Waals surface area contributed by atoms with E-state index in [4.69, 9.17) is 5.73 Å². The van der Waals surface area contributed by atoms with E-state index >= 15 is 0 Å². The van der Waals surface area contributed by atoms with Gasteiger partial charge in [0.2, 0.25) is 0 Å². The van der Waals surface area contributed by atoms with Crippen LogP contribution in [-0.4, -0.2) is 25.5 Å². The van der Waals surface area contributed by atoms with Crippen molar-refractivity contribution in [2.75, 3.05) is 24.2 Å². The molecule has 1 saturated carbocycles. The topological polar surface area (TPSA) is 58.4 Å². The van der Waals surface area contributed by atoms with Crippen LogP contribution in [0, 0.1) is 5.92 Å². The minimum absolute atomic E-state index is 0.0376. The van der Waals surface area contributed by atoms with Crippen LogP contribution in [0.5, 0.6) is 0 Å². The van der Waals surface area contributed by atoms with Crippen LogP contribution in [0.4, 0.5) is 11.4 Å². The standard InChI is InChI=1S/C17H27N3O/c1-4-19-17(21)13-7-10-15(18)16(11-13)20(3)14-8-5-12(2)6-9-14/h7,10-12,14H,4-6,8-9,18H2,1-3H3,(H,19,21). The summed E-state index contributed by atoms with van der Waals surface area (Å²) in [5.41, 5.74) is 8.51. The molecular formula is C17H27N3O. The van der Waals surface area contributed by atoms with E-state index in [1.54, 1.807) is 6.07 Å². The van der Waals surface area contributed by atoms with Crippen molar-refractivity contribution in [1.82, 2.24) is 5.32 Å². The molecule has 1 aliphatic carbocycles. The number of rotatable bonds is 4. The molecule has 1 fully saturated rings. The van der Waals surface area contributed by atoms with Gasteiger partial charge in [0, 0.05) is 25.2 Å². The summed E-state index contributed by atoms with van der Waals surface area (Å²) < 4.78 is 0. The van der Waals surface area contributed by atoms with Crippen LogP contribution in [0.25, 0.3) is 0 Å². The molecule has 0 aliphatic heterocycles. The Morgan fingerprint density at radius 1 is 1.33 bits per heavy atom. The van der Waals surface area contributed by atoms with Crippen molar-refractivity contribution in [3.05, 3.63) is 23.8 Å². The van der Waals surface area contributed by atoms with E-state index in [0.717, 1.165) is 17.3 Å². The molecule has 0 unspecified atom stereocenters. The highest BCUT2D eigenvalue weighted by molar-refractivity contribution is 5.96. The van der Waals surface area contributed by atoms with Gasteiger partial charge in [-0.3, -0.25) is 4.79 Å². The van der Waals surface area contributed by atoms with Crippen molar-refractivity contribution < 1.29 is 4.79 Å². The fourth-order valence-corrected chi connectivity index (χ4v) is 3.08. The van der Waals surface area contributed by atoms with Gasteiger partial charge in [-0.1, -0.05) is 6.92 Å². The Labute approximate surface area is 127 Å². The highest BCUT2D eigenvalue weighted by Crippen LogP contribution is 2.32. The van der Waals surface area contributed by atoms with Crippen LogP contribution in [0.15, 0.2) is 18.2 Å². The second kappa shape index (κ2) is 6.83. The lowest BCUT2D eigenvalue weighted by Gasteiger charge is -2.35. The zero-order valence-corrected chi connectivity index (χ0v) is 13.4. The number of hydrogen-bond acceptors (Lipinski definition) is 3. The third-order valence-electron chi connectivity index (χ3n) is 4.54. The quantitative estimate of drug-likeness (QED) is 0.838. The molecule has 2 rings (SSSR count). The predicted octanol–water partition coefficient (Wildman–Crippen LogP) is 3.03. The van der Waals surface area contributed by atoms with Gasteiger partial charge in [0.1, 0.15) is 0 Å². The Kier molecular flexibility index (Phi) is 5.10. The molecule has 1 aliphatic rings. The number of amides is 1. The number of nitrogens with two attached hydrogens (primary N) is 1. The van der Waals surface area contributed by atoms with Gasteiger partial charge in [0.05, 0.1) is 11.4 Å². The highest BCUT2D eigenvalue weighted by atomic mass is 16.1. The van der Waals surface area contributed by atoms with Crippen LogP contribution >= 0.6 is 0 Å². The molecule has 0 aromatic heterocycles. The molecule has 3 N–H and O–H groups in total. The Morgan fingerprint density at radius 2 is 2.00 bits per heavy atom. The van der Waals surface area contributed by atoms with Gasteiger partial charge < -0.3 is 16.0 Å². The van der Waals surface area contributed by atoms with Gasteiger partial charge in [-0.15, -0.1) is 0 Å². The van der Waals surface area contributed by atoms with Crippen molar-refractivity contribution >= 4 is 17.3 Å². The number of nitrogen functional groups attached to an aromatic ring is 1. The summed E-state index contributed by atoms with van der Waals surface area (Å²) in [6, 6.07) is 6.06. The maximum atomic E-state index is 12.0.